The van der Waals surface area contributed by atoms with Gasteiger partial charge in [-0.2, -0.15) is 0 Å². The molecule has 0 aromatic rings. The summed E-state index contributed by atoms with van der Waals surface area (Å²) in [6.45, 7) is 2.28. The molecule has 0 rings (SSSR count). The smallest absolute Gasteiger partial charge is 0.0445 e. The molecule has 0 unspecified atom stereocenters. The van der Waals surface area contributed by atoms with Gasteiger partial charge in [0.25, 0.3) is 0 Å². The van der Waals surface area contributed by atoms with Gasteiger partial charge in [-0.15, -0.1) is 13.1 Å². The summed E-state index contributed by atoms with van der Waals surface area (Å²) in [5, 5.41) is 12.3. The van der Waals surface area contributed by atoms with Gasteiger partial charge in [0.1, 0.15) is 0 Å². The van der Waals surface area contributed by atoms with E-state index in [1.54, 1.807) is 7.11 Å². The zero-order chi connectivity index (χ0) is 6.95. The van der Waals surface area contributed by atoms with Crippen molar-refractivity contribution >= 4 is 0 Å². The number of aliphatic hydroxyl groups is 1. The summed E-state index contributed by atoms with van der Waals surface area (Å²) >= 11 is 0. The van der Waals surface area contributed by atoms with Crippen LogP contribution in [0.4, 0.5) is 0 Å². The van der Waals surface area contributed by atoms with Crippen LogP contribution in [0.3, 0.4) is 0 Å². The standard InChI is InChI=1S/C6H14NO2.V/c1-9-6-2-3-7-4-5-8;/h8H,2-6H2,1H3;/q-1;. The molecule has 3 nitrogen and oxygen atoms in total. The molecule has 0 heterocycles. The number of nitrogens with zero attached hydrogens (tertiary/aromatic N) is 1. The van der Waals surface area contributed by atoms with E-state index in [1.807, 2.05) is 0 Å². The summed E-state index contributed by atoms with van der Waals surface area (Å²) < 4.78 is 4.80. The van der Waals surface area contributed by atoms with Crippen molar-refractivity contribution in [3.8, 4) is 0 Å². The Hall–Kier alpha value is 0.464. The molecule has 0 aromatic heterocycles. The molecule has 0 spiro atoms. The van der Waals surface area contributed by atoms with E-state index < -0.39 is 0 Å². The van der Waals surface area contributed by atoms with Gasteiger partial charge in [0.2, 0.25) is 0 Å². The second kappa shape index (κ2) is 12.2. The third kappa shape index (κ3) is 11.3. The topological polar surface area (TPSA) is 43.6 Å². The van der Waals surface area contributed by atoms with Crippen molar-refractivity contribution in [1.29, 1.82) is 0 Å². The predicted octanol–water partition coefficient (Wildman–Crippen LogP) is 0.386. The van der Waals surface area contributed by atoms with Gasteiger partial charge in [0, 0.05) is 38.9 Å². The molecular weight excluding hydrogens is 169 g/mol. The molecule has 0 aliphatic carbocycles. The minimum atomic E-state index is 0. The zero-order valence-electron chi connectivity index (χ0n) is 6.29. The van der Waals surface area contributed by atoms with Crippen molar-refractivity contribution in [1.82, 2.24) is 0 Å². The normalized spacial score (nSPS) is 9.00. The molecule has 0 aromatic carbocycles. The first-order valence-corrected chi connectivity index (χ1v) is 3.15. The fourth-order valence-electron chi connectivity index (χ4n) is 0.503. The Morgan fingerprint density at radius 2 is 2.10 bits per heavy atom. The Kier molecular flexibility index (Phi) is 15.9. The Balaban J connectivity index is 0. The Bertz CT molecular complexity index is 49.0. The van der Waals surface area contributed by atoms with E-state index >= 15 is 0 Å². The van der Waals surface area contributed by atoms with Gasteiger partial charge in [0.05, 0.1) is 0 Å². The molecule has 0 aliphatic rings. The van der Waals surface area contributed by atoms with E-state index in [1.165, 1.54) is 0 Å². The average molecular weight is 183 g/mol. The van der Waals surface area contributed by atoms with Gasteiger partial charge < -0.3 is 15.2 Å². The maximum Gasteiger partial charge on any atom is 0.0445 e. The van der Waals surface area contributed by atoms with Crippen molar-refractivity contribution in [2.75, 3.05) is 33.4 Å². The van der Waals surface area contributed by atoms with Crippen LogP contribution >= 0.6 is 0 Å². The van der Waals surface area contributed by atoms with Gasteiger partial charge in [-0.3, -0.25) is 0 Å². The molecule has 0 aliphatic heterocycles. The first-order chi connectivity index (χ1) is 4.41. The van der Waals surface area contributed by atoms with Crippen LogP contribution in [0, 0.1) is 0 Å². The summed E-state index contributed by atoms with van der Waals surface area (Å²) in [5.74, 6) is 0. The molecule has 0 atom stereocenters. The van der Waals surface area contributed by atoms with E-state index in [-0.39, 0.29) is 25.2 Å². The maximum atomic E-state index is 8.30. The van der Waals surface area contributed by atoms with E-state index in [2.05, 4.69) is 5.32 Å². The molecule has 1 radical (unpaired) electrons. The molecule has 0 fully saturated rings. The monoisotopic (exact) mass is 183 g/mol. The summed E-state index contributed by atoms with van der Waals surface area (Å²) in [6.07, 6.45) is 0.955. The number of rotatable bonds is 6. The maximum absolute atomic E-state index is 8.30. The summed E-state index contributed by atoms with van der Waals surface area (Å²) in [4.78, 5) is 0. The second-order valence-electron chi connectivity index (χ2n) is 1.74. The van der Waals surface area contributed by atoms with Crippen LogP contribution in [0.2, 0.25) is 0 Å². The van der Waals surface area contributed by atoms with Crippen molar-refractivity contribution in [2.24, 2.45) is 0 Å². The molecule has 10 heavy (non-hydrogen) atoms. The molecule has 0 amide bonds. The average Bonchev–Trinajstić information content (AvgIpc) is 1.89. The van der Waals surface area contributed by atoms with Crippen LogP contribution < -0.4 is 0 Å². The summed E-state index contributed by atoms with van der Waals surface area (Å²) in [7, 11) is 1.67. The van der Waals surface area contributed by atoms with Crippen LogP contribution in [0.15, 0.2) is 0 Å². The molecule has 0 saturated carbocycles. The summed E-state index contributed by atoms with van der Waals surface area (Å²) in [6, 6.07) is 0. The van der Waals surface area contributed by atoms with Crippen LogP contribution in [0.1, 0.15) is 6.42 Å². The fraction of sp³-hybridized carbons (Fsp3) is 1.00. The Labute approximate surface area is 74.0 Å². The molecule has 4 heteroatoms. The Morgan fingerprint density at radius 1 is 1.40 bits per heavy atom. The van der Waals surface area contributed by atoms with Crippen LogP contribution in [-0.4, -0.2) is 38.5 Å². The van der Waals surface area contributed by atoms with Crippen molar-refractivity contribution in [3.63, 3.8) is 0 Å². The number of aliphatic hydroxyl groups excluding tert-OH is 1. The Morgan fingerprint density at radius 3 is 2.60 bits per heavy atom. The fourth-order valence-corrected chi connectivity index (χ4v) is 0.503. The molecule has 1 N–H and O–H groups in total. The van der Waals surface area contributed by atoms with E-state index in [9.17, 15) is 0 Å². The van der Waals surface area contributed by atoms with Crippen LogP contribution in [0.25, 0.3) is 5.32 Å². The van der Waals surface area contributed by atoms with Gasteiger partial charge >= 0.3 is 0 Å². The van der Waals surface area contributed by atoms with Gasteiger partial charge in [-0.25, -0.2) is 0 Å². The number of hydrogen-bond donors (Lipinski definition) is 1. The van der Waals surface area contributed by atoms with E-state index in [0.717, 1.165) is 19.6 Å². The van der Waals surface area contributed by atoms with Crippen molar-refractivity contribution < 1.29 is 28.4 Å². The van der Waals surface area contributed by atoms with Gasteiger partial charge in [-0.05, 0) is 6.42 Å². The van der Waals surface area contributed by atoms with Gasteiger partial charge in [-0.1, -0.05) is 0 Å². The SMILES string of the molecule is COCCC[N-]CCO.[V]. The number of methoxy groups -OCH3 is 1. The minimum absolute atomic E-state index is 0. The second-order valence-corrected chi connectivity index (χ2v) is 1.74. The minimum Gasteiger partial charge on any atom is -0.660 e. The first kappa shape index (κ1) is 13.1. The molecule has 0 saturated heterocycles. The predicted molar refractivity (Wildman–Crippen MR) is 36.7 cm³/mol. The van der Waals surface area contributed by atoms with Crippen LogP contribution in [-0.2, 0) is 23.3 Å². The van der Waals surface area contributed by atoms with Gasteiger partial charge in [0.15, 0.2) is 0 Å². The number of ether oxygens (including phenoxy) is 1. The van der Waals surface area contributed by atoms with Crippen molar-refractivity contribution in [3.05, 3.63) is 5.32 Å². The van der Waals surface area contributed by atoms with E-state index in [4.69, 9.17) is 9.84 Å². The van der Waals surface area contributed by atoms with E-state index in [0.29, 0.717) is 6.54 Å². The third-order valence-corrected chi connectivity index (χ3v) is 0.923. The molecular formula is C6H14NO2V-. The molecule has 0 bridgehead atoms. The zero-order valence-corrected chi connectivity index (χ0v) is 7.68. The molecule has 61 valence electrons. The first-order valence-electron chi connectivity index (χ1n) is 3.15. The third-order valence-electron chi connectivity index (χ3n) is 0.923. The van der Waals surface area contributed by atoms with Crippen LogP contribution in [0.5, 0.6) is 0 Å². The number of hydrogen-bond acceptors (Lipinski definition) is 2. The summed E-state index contributed by atoms with van der Waals surface area (Å²) in [5.41, 5.74) is 0. The van der Waals surface area contributed by atoms with Crippen molar-refractivity contribution in [2.45, 2.75) is 6.42 Å². The largest absolute Gasteiger partial charge is 0.660 e. The quantitative estimate of drug-likeness (QED) is 0.605.